The summed E-state index contributed by atoms with van der Waals surface area (Å²) in [5.74, 6) is -0.103. The van der Waals surface area contributed by atoms with Crippen LogP contribution in [0.25, 0.3) is 16.3 Å². The Hall–Kier alpha value is -2.44. The largest absolute Gasteiger partial charge is 0.272 e. The molecule has 27 heavy (non-hydrogen) atoms. The number of rotatable bonds is 7. The zero-order valence-corrected chi connectivity index (χ0v) is 16.9. The van der Waals surface area contributed by atoms with E-state index in [4.69, 9.17) is 0 Å². The van der Waals surface area contributed by atoms with Gasteiger partial charge in [0.05, 0.1) is 21.2 Å². The minimum Gasteiger partial charge on any atom is -0.272 e. The van der Waals surface area contributed by atoms with Crippen LogP contribution in [0.15, 0.2) is 70.1 Å². The molecule has 2 aromatic carbocycles. The minimum absolute atomic E-state index is 0.103. The van der Waals surface area contributed by atoms with Crippen molar-refractivity contribution in [2.45, 2.75) is 29.9 Å². The lowest BCUT2D eigenvalue weighted by Crippen LogP contribution is -2.29. The zero-order valence-electron chi connectivity index (χ0n) is 15.3. The van der Waals surface area contributed by atoms with Gasteiger partial charge >= 0.3 is 0 Å². The average molecular weight is 396 g/mol. The Balaban J connectivity index is 1.60. The normalized spacial score (nSPS) is 13.2. The second kappa shape index (κ2) is 9.48. The molecule has 0 spiro atoms. The van der Waals surface area contributed by atoms with Crippen molar-refractivity contribution in [2.24, 2.45) is 5.10 Å². The van der Waals surface area contributed by atoms with E-state index >= 15 is 0 Å². The van der Waals surface area contributed by atoms with Crippen LogP contribution in [-0.2, 0) is 4.79 Å². The van der Waals surface area contributed by atoms with Crippen LogP contribution in [0.5, 0.6) is 0 Å². The van der Waals surface area contributed by atoms with Crippen molar-refractivity contribution >= 4 is 51.0 Å². The lowest BCUT2D eigenvalue weighted by atomic mass is 10.2. The van der Waals surface area contributed by atoms with E-state index in [1.165, 1.54) is 11.8 Å². The molecule has 0 bridgehead atoms. The predicted molar refractivity (Wildman–Crippen MR) is 116 cm³/mol. The van der Waals surface area contributed by atoms with E-state index in [-0.39, 0.29) is 11.2 Å². The van der Waals surface area contributed by atoms with Gasteiger partial charge in [-0.25, -0.2) is 10.4 Å². The quantitative estimate of drug-likeness (QED) is 0.332. The number of carbonyl (C=O) groups is 1. The smallest absolute Gasteiger partial charge is 0.253 e. The number of hydrazone groups is 1. The van der Waals surface area contributed by atoms with E-state index in [9.17, 15) is 4.79 Å². The number of nitrogens with one attached hydrogen (secondary N) is 1. The Kier molecular flexibility index (Phi) is 6.79. The fourth-order valence-corrected chi connectivity index (χ4v) is 4.61. The number of thioether (sulfide) groups is 1. The molecule has 0 saturated carbocycles. The summed E-state index contributed by atoms with van der Waals surface area (Å²) in [6.45, 7) is 3.86. The van der Waals surface area contributed by atoms with Crippen LogP contribution in [-0.4, -0.2) is 21.9 Å². The van der Waals surface area contributed by atoms with Gasteiger partial charge in [0, 0.05) is 0 Å². The van der Waals surface area contributed by atoms with Crippen molar-refractivity contribution in [3.8, 4) is 0 Å². The van der Waals surface area contributed by atoms with E-state index in [1.807, 2.05) is 80.6 Å². The zero-order chi connectivity index (χ0) is 19.1. The molecule has 0 fully saturated rings. The van der Waals surface area contributed by atoms with Gasteiger partial charge in [0.2, 0.25) is 0 Å². The highest BCUT2D eigenvalue weighted by Crippen LogP contribution is 2.33. The molecule has 1 N–H and O–H groups in total. The molecule has 4 nitrogen and oxygen atoms in total. The van der Waals surface area contributed by atoms with Crippen molar-refractivity contribution < 1.29 is 4.79 Å². The lowest BCUT2D eigenvalue weighted by Gasteiger charge is -2.10. The second-order valence-electron chi connectivity index (χ2n) is 5.94. The predicted octanol–water partition coefficient (Wildman–Crippen LogP) is 5.37. The first-order chi connectivity index (χ1) is 13.2. The first-order valence-corrected chi connectivity index (χ1v) is 10.4. The fourth-order valence-electron chi connectivity index (χ4n) is 2.38. The summed E-state index contributed by atoms with van der Waals surface area (Å²) in [6, 6.07) is 18.0. The summed E-state index contributed by atoms with van der Waals surface area (Å²) in [7, 11) is 0. The molecule has 6 heteroatoms. The Bertz CT molecular complexity index is 931. The van der Waals surface area contributed by atoms with Gasteiger partial charge in [0.15, 0.2) is 4.34 Å². The average Bonchev–Trinajstić information content (AvgIpc) is 3.12. The topological polar surface area (TPSA) is 54.4 Å². The maximum atomic E-state index is 12.5. The van der Waals surface area contributed by atoms with Crippen LogP contribution in [0.4, 0.5) is 0 Å². The SMILES string of the molecule is CC[C@H](Sc1nc2ccccc2s1)C(=O)NN=C(C)/C=C\c1ccccc1. The molecular weight excluding hydrogens is 374 g/mol. The highest BCUT2D eigenvalue weighted by Gasteiger charge is 2.19. The van der Waals surface area contributed by atoms with Crippen LogP contribution >= 0.6 is 23.1 Å². The standard InChI is InChI=1S/C21H21N3OS2/c1-3-18(26-21-22-17-11-7-8-12-19(17)27-21)20(25)24-23-15(2)13-14-16-9-5-4-6-10-16/h4-14,18H,3H2,1-2H3,(H,24,25)/b14-13-,23-15?/t18-/m0/s1. The molecule has 3 rings (SSSR count). The van der Waals surface area contributed by atoms with Gasteiger partial charge in [-0.15, -0.1) is 11.3 Å². The molecule has 0 saturated heterocycles. The number of hydrogen-bond acceptors (Lipinski definition) is 5. The van der Waals surface area contributed by atoms with Crippen molar-refractivity contribution in [3.05, 3.63) is 66.2 Å². The van der Waals surface area contributed by atoms with Gasteiger partial charge in [-0.2, -0.15) is 5.10 Å². The molecule has 1 heterocycles. The maximum absolute atomic E-state index is 12.5. The Morgan fingerprint density at radius 1 is 1.22 bits per heavy atom. The Labute approximate surface area is 167 Å². The van der Waals surface area contributed by atoms with Crippen LogP contribution in [0, 0.1) is 0 Å². The summed E-state index contributed by atoms with van der Waals surface area (Å²) < 4.78 is 2.04. The molecule has 0 radical (unpaired) electrons. The van der Waals surface area contributed by atoms with Crippen molar-refractivity contribution in [2.75, 3.05) is 0 Å². The number of carbonyl (C=O) groups excluding carboxylic acids is 1. The van der Waals surface area contributed by atoms with E-state index in [0.717, 1.165) is 25.8 Å². The molecule has 0 aliphatic heterocycles. The summed E-state index contributed by atoms with van der Waals surface area (Å²) >= 11 is 3.11. The van der Waals surface area contributed by atoms with Gasteiger partial charge < -0.3 is 0 Å². The molecule has 138 valence electrons. The Morgan fingerprint density at radius 3 is 2.70 bits per heavy atom. The first-order valence-electron chi connectivity index (χ1n) is 8.75. The fraction of sp³-hybridized carbons (Fsp3) is 0.190. The third-order valence-electron chi connectivity index (χ3n) is 3.84. The molecule has 1 amide bonds. The number of aromatic nitrogens is 1. The van der Waals surface area contributed by atoms with Crippen LogP contribution in [0.2, 0.25) is 0 Å². The highest BCUT2D eigenvalue weighted by atomic mass is 32.2. The van der Waals surface area contributed by atoms with Gasteiger partial charge in [-0.05, 0) is 37.1 Å². The van der Waals surface area contributed by atoms with Crippen LogP contribution < -0.4 is 5.43 Å². The molecule has 3 aromatic rings. The molecule has 0 aliphatic rings. The first kappa shape index (κ1) is 19.3. The van der Waals surface area contributed by atoms with Crippen LogP contribution in [0.1, 0.15) is 25.8 Å². The monoisotopic (exact) mass is 395 g/mol. The molecule has 0 aliphatic carbocycles. The number of nitrogens with zero attached hydrogens (tertiary/aromatic N) is 2. The summed E-state index contributed by atoms with van der Waals surface area (Å²) in [5, 5.41) is 3.97. The summed E-state index contributed by atoms with van der Waals surface area (Å²) in [5.41, 5.74) is 5.49. The number of fused-ring (bicyclic) bond motifs is 1. The second-order valence-corrected chi connectivity index (χ2v) is 8.42. The summed E-state index contributed by atoms with van der Waals surface area (Å²) in [6.07, 6.45) is 4.57. The number of benzene rings is 2. The summed E-state index contributed by atoms with van der Waals surface area (Å²) in [4.78, 5) is 17.1. The number of allylic oxidation sites excluding steroid dienone is 1. The van der Waals surface area contributed by atoms with E-state index < -0.39 is 0 Å². The molecular formula is C21H21N3OS2. The van der Waals surface area contributed by atoms with Crippen molar-refractivity contribution in [3.63, 3.8) is 0 Å². The third-order valence-corrected chi connectivity index (χ3v) is 6.33. The number of amides is 1. The van der Waals surface area contributed by atoms with E-state index in [1.54, 1.807) is 11.3 Å². The minimum atomic E-state index is -0.222. The van der Waals surface area contributed by atoms with Gasteiger partial charge in [-0.3, -0.25) is 4.79 Å². The maximum Gasteiger partial charge on any atom is 0.253 e. The lowest BCUT2D eigenvalue weighted by molar-refractivity contribution is -0.120. The van der Waals surface area contributed by atoms with Crippen LogP contribution in [0.3, 0.4) is 0 Å². The number of thiazole rings is 1. The van der Waals surface area contributed by atoms with Crippen molar-refractivity contribution in [1.29, 1.82) is 0 Å². The van der Waals surface area contributed by atoms with E-state index in [2.05, 4.69) is 15.5 Å². The molecule has 0 unspecified atom stereocenters. The molecule has 1 aromatic heterocycles. The van der Waals surface area contributed by atoms with Gasteiger partial charge in [-0.1, -0.05) is 67.2 Å². The van der Waals surface area contributed by atoms with E-state index in [0.29, 0.717) is 6.42 Å². The number of para-hydroxylation sites is 1. The number of hydrogen-bond donors (Lipinski definition) is 1. The van der Waals surface area contributed by atoms with Crippen molar-refractivity contribution in [1.82, 2.24) is 10.4 Å². The van der Waals surface area contributed by atoms with Gasteiger partial charge in [0.1, 0.15) is 0 Å². The third kappa shape index (κ3) is 5.52. The molecule has 1 atom stereocenters. The highest BCUT2D eigenvalue weighted by molar-refractivity contribution is 8.02. The van der Waals surface area contributed by atoms with Gasteiger partial charge in [0.25, 0.3) is 5.91 Å². The Morgan fingerprint density at radius 2 is 1.96 bits per heavy atom.